The number of carbonyl (C=O) groups excluding carboxylic acids is 1. The van der Waals surface area contributed by atoms with Gasteiger partial charge in [0.25, 0.3) is 0 Å². The van der Waals surface area contributed by atoms with Crippen molar-refractivity contribution in [3.63, 3.8) is 0 Å². The van der Waals surface area contributed by atoms with Gasteiger partial charge in [0, 0.05) is 42.3 Å². The van der Waals surface area contributed by atoms with E-state index >= 15 is 0 Å². The van der Waals surface area contributed by atoms with Gasteiger partial charge < -0.3 is 15.8 Å². The first kappa shape index (κ1) is 18.8. The Morgan fingerprint density at radius 1 is 1.18 bits per heavy atom. The molecule has 3 N–H and O–H groups in total. The summed E-state index contributed by atoms with van der Waals surface area (Å²) in [7, 11) is 0. The molecular formula is C21H27N5O2. The van der Waals surface area contributed by atoms with Crippen LogP contribution in [0.1, 0.15) is 31.2 Å². The lowest BCUT2D eigenvalue weighted by atomic mass is 9.90. The number of ether oxygens (including phenoxy) is 1. The molecule has 7 nitrogen and oxygen atoms in total. The van der Waals surface area contributed by atoms with Gasteiger partial charge in [-0.1, -0.05) is 6.07 Å². The number of fused-ring (bicyclic) bond motifs is 1. The Kier molecular flexibility index (Phi) is 5.83. The van der Waals surface area contributed by atoms with E-state index in [1.807, 2.05) is 18.2 Å². The molecule has 1 aromatic carbocycles. The van der Waals surface area contributed by atoms with Gasteiger partial charge >= 0.3 is 0 Å². The van der Waals surface area contributed by atoms with E-state index in [0.29, 0.717) is 17.7 Å². The topological polar surface area (TPSA) is 93.4 Å². The van der Waals surface area contributed by atoms with Crippen LogP contribution in [0.4, 0.5) is 5.82 Å². The molecule has 0 radical (unpaired) electrons. The number of nitrogens with two attached hydrogens (primary N) is 1. The monoisotopic (exact) mass is 381 g/mol. The smallest absolute Gasteiger partial charge is 0.152 e. The van der Waals surface area contributed by atoms with Gasteiger partial charge in [0.05, 0.1) is 18.7 Å². The van der Waals surface area contributed by atoms with Crippen LogP contribution in [0.5, 0.6) is 0 Å². The van der Waals surface area contributed by atoms with E-state index in [1.165, 1.54) is 19.0 Å². The van der Waals surface area contributed by atoms with Crippen molar-refractivity contribution >= 4 is 28.6 Å². The average Bonchev–Trinajstić information content (AvgIpc) is 2.76. The number of nitrogens with zero attached hydrogens (tertiary/aromatic N) is 3. The number of benzene rings is 1. The lowest BCUT2D eigenvalue weighted by Gasteiger charge is -2.39. The summed E-state index contributed by atoms with van der Waals surface area (Å²) in [6, 6.07) is 6.76. The van der Waals surface area contributed by atoms with Crippen LogP contribution in [-0.4, -0.2) is 59.5 Å². The lowest BCUT2D eigenvalue weighted by Crippen LogP contribution is -2.46. The highest BCUT2D eigenvalue weighted by Gasteiger charge is 2.27. The third kappa shape index (κ3) is 4.00. The highest BCUT2D eigenvalue weighted by Crippen LogP contribution is 2.29. The van der Waals surface area contributed by atoms with Crippen LogP contribution in [-0.2, 0) is 9.53 Å². The van der Waals surface area contributed by atoms with Crippen LogP contribution >= 0.6 is 0 Å². The second-order valence-corrected chi connectivity index (χ2v) is 7.49. The molecule has 28 heavy (non-hydrogen) atoms. The fourth-order valence-corrected chi connectivity index (χ4v) is 4.28. The molecule has 0 spiro atoms. The molecule has 2 aromatic rings. The van der Waals surface area contributed by atoms with Crippen molar-refractivity contribution in [3.05, 3.63) is 36.3 Å². The van der Waals surface area contributed by atoms with Crippen molar-refractivity contribution in [1.29, 1.82) is 0 Å². The number of anilines is 1. The number of morpholine rings is 1. The number of nitrogens with one attached hydrogen (secondary N) is 1. The number of rotatable bonds is 5. The molecule has 1 aromatic heterocycles. The van der Waals surface area contributed by atoms with Gasteiger partial charge in [-0.05, 0) is 43.4 Å². The Hall–Kier alpha value is -2.51. The summed E-state index contributed by atoms with van der Waals surface area (Å²) < 4.78 is 5.47. The van der Waals surface area contributed by atoms with Crippen molar-refractivity contribution in [3.8, 4) is 0 Å². The van der Waals surface area contributed by atoms with E-state index in [-0.39, 0.29) is 0 Å². The predicted octanol–water partition coefficient (Wildman–Crippen LogP) is 2.18. The molecule has 1 saturated carbocycles. The predicted molar refractivity (Wildman–Crippen MR) is 110 cm³/mol. The molecule has 7 heteroatoms. The number of hydrogen-bond donors (Lipinski definition) is 2. The van der Waals surface area contributed by atoms with Crippen molar-refractivity contribution in [2.45, 2.75) is 37.8 Å². The van der Waals surface area contributed by atoms with Gasteiger partial charge in [-0.3, -0.25) is 9.69 Å². The van der Waals surface area contributed by atoms with Crippen LogP contribution < -0.4 is 11.1 Å². The molecule has 0 unspecified atom stereocenters. The van der Waals surface area contributed by atoms with Crippen LogP contribution in [0.3, 0.4) is 0 Å². The fourth-order valence-electron chi connectivity index (χ4n) is 4.28. The molecule has 0 amide bonds. The summed E-state index contributed by atoms with van der Waals surface area (Å²) in [6.45, 7) is 3.81. The largest absolute Gasteiger partial charge is 0.404 e. The summed E-state index contributed by atoms with van der Waals surface area (Å²) >= 11 is 0. The molecule has 1 aliphatic carbocycles. The van der Waals surface area contributed by atoms with E-state index < -0.39 is 0 Å². The van der Waals surface area contributed by atoms with E-state index in [0.717, 1.165) is 67.7 Å². The van der Waals surface area contributed by atoms with Crippen molar-refractivity contribution in [1.82, 2.24) is 14.9 Å². The van der Waals surface area contributed by atoms with Gasteiger partial charge in [-0.2, -0.15) is 0 Å². The van der Waals surface area contributed by atoms with Crippen LogP contribution in [0, 0.1) is 0 Å². The second-order valence-electron chi connectivity index (χ2n) is 7.49. The summed E-state index contributed by atoms with van der Waals surface area (Å²) in [5.74, 6) is 0.823. The Balaban J connectivity index is 1.47. The second kappa shape index (κ2) is 8.67. The molecule has 148 valence electrons. The third-order valence-corrected chi connectivity index (χ3v) is 5.87. The van der Waals surface area contributed by atoms with Crippen molar-refractivity contribution in [2.24, 2.45) is 5.73 Å². The zero-order valence-electron chi connectivity index (χ0n) is 16.0. The van der Waals surface area contributed by atoms with Gasteiger partial charge in [-0.25, -0.2) is 9.97 Å². The maximum Gasteiger partial charge on any atom is 0.152 e. The number of aromatic nitrogens is 2. The summed E-state index contributed by atoms with van der Waals surface area (Å²) in [5.41, 5.74) is 7.66. The Morgan fingerprint density at radius 3 is 2.68 bits per heavy atom. The Bertz CT molecular complexity index is 855. The van der Waals surface area contributed by atoms with Crippen LogP contribution in [0.15, 0.2) is 30.7 Å². The zero-order valence-corrected chi connectivity index (χ0v) is 16.0. The molecule has 4 rings (SSSR count). The van der Waals surface area contributed by atoms with Gasteiger partial charge in [0.2, 0.25) is 0 Å². The number of hydrogen-bond acceptors (Lipinski definition) is 7. The van der Waals surface area contributed by atoms with Crippen LogP contribution in [0.2, 0.25) is 0 Å². The van der Waals surface area contributed by atoms with Gasteiger partial charge in [0.1, 0.15) is 12.1 Å². The molecule has 0 bridgehead atoms. The summed E-state index contributed by atoms with van der Waals surface area (Å²) in [6.07, 6.45) is 8.31. The van der Waals surface area contributed by atoms with Crippen molar-refractivity contribution in [2.75, 3.05) is 31.6 Å². The molecule has 2 heterocycles. The first-order valence-electron chi connectivity index (χ1n) is 9.99. The minimum atomic E-state index is 0.398. The molecule has 2 aliphatic rings. The van der Waals surface area contributed by atoms with E-state index in [9.17, 15) is 4.79 Å². The van der Waals surface area contributed by atoms with Gasteiger partial charge in [0.15, 0.2) is 6.29 Å². The lowest BCUT2D eigenvalue weighted by molar-refractivity contribution is -0.103. The first-order valence-corrected chi connectivity index (χ1v) is 9.99. The van der Waals surface area contributed by atoms with E-state index in [2.05, 4.69) is 20.2 Å². The minimum absolute atomic E-state index is 0.398. The van der Waals surface area contributed by atoms with Crippen LogP contribution in [0.25, 0.3) is 16.5 Å². The third-order valence-electron chi connectivity index (χ3n) is 5.87. The van der Waals surface area contributed by atoms with E-state index in [4.69, 9.17) is 10.5 Å². The number of allylic oxidation sites excluding steroid dienone is 1. The first-order chi connectivity index (χ1) is 13.8. The average molecular weight is 381 g/mol. The standard InChI is InChI=1S/C21H27N5O2/c22-12-16(13-27)15-1-6-20-19(11-15)21(24-14-23-20)25-17-2-4-18(5-3-17)26-7-9-28-10-8-26/h1,6,11-14,17-18H,2-5,7-10,22H2,(H,23,24,25). The Morgan fingerprint density at radius 2 is 1.96 bits per heavy atom. The number of carbonyl (C=O) groups is 1. The summed E-state index contributed by atoms with van der Waals surface area (Å²) in [4.78, 5) is 22.6. The molecule has 0 atom stereocenters. The van der Waals surface area contributed by atoms with Gasteiger partial charge in [-0.15, -0.1) is 0 Å². The molecular weight excluding hydrogens is 354 g/mol. The molecule has 1 aliphatic heterocycles. The maximum absolute atomic E-state index is 11.2. The summed E-state index contributed by atoms with van der Waals surface area (Å²) in [5, 5.41) is 4.53. The molecule has 1 saturated heterocycles. The fraction of sp³-hybridized carbons (Fsp3) is 0.476. The van der Waals surface area contributed by atoms with E-state index in [1.54, 1.807) is 6.33 Å². The van der Waals surface area contributed by atoms with Crippen molar-refractivity contribution < 1.29 is 9.53 Å². The normalized spacial score (nSPS) is 24.2. The maximum atomic E-state index is 11.2. The number of aldehydes is 1. The quantitative estimate of drug-likeness (QED) is 0.606. The highest BCUT2D eigenvalue weighted by molar-refractivity contribution is 6.08. The SMILES string of the molecule is NC=C(C=O)c1ccc2ncnc(NC3CCC(N4CCOCC4)CC3)c2c1. The highest BCUT2D eigenvalue weighted by atomic mass is 16.5. The Labute approximate surface area is 165 Å². The minimum Gasteiger partial charge on any atom is -0.404 e. The zero-order chi connectivity index (χ0) is 19.3. The molecule has 2 fully saturated rings.